The lowest BCUT2D eigenvalue weighted by molar-refractivity contribution is -0.160. The van der Waals surface area contributed by atoms with Gasteiger partial charge in [-0.1, -0.05) is 48.0 Å². The standard InChI is InChI=1S/C27H25ClN2O3/c1-16-12-22-20(18-13-29-15-30-14-18)6-5-7-21(22)24(17-8-10-19(28)11-9-17)23(16)25(26(31)32)33-27(2,3)4/h5-15,25H,1-4H3,(H,31,32). The molecule has 1 N–H and O–H groups in total. The van der Waals surface area contributed by atoms with Gasteiger partial charge in [0.15, 0.2) is 6.10 Å². The van der Waals surface area contributed by atoms with Gasteiger partial charge in [-0.25, -0.2) is 14.8 Å². The number of rotatable bonds is 5. The zero-order chi connectivity index (χ0) is 23.8. The molecular formula is C27H25ClN2O3. The molecule has 0 aliphatic carbocycles. The van der Waals surface area contributed by atoms with Crippen LogP contribution in [0, 0.1) is 6.92 Å². The molecule has 0 spiro atoms. The van der Waals surface area contributed by atoms with Crippen LogP contribution in [0.2, 0.25) is 5.02 Å². The number of carboxylic acids is 1. The van der Waals surface area contributed by atoms with E-state index in [4.69, 9.17) is 16.3 Å². The Labute approximate surface area is 198 Å². The van der Waals surface area contributed by atoms with E-state index in [2.05, 4.69) is 9.97 Å². The molecule has 1 heterocycles. The van der Waals surface area contributed by atoms with Gasteiger partial charge in [0, 0.05) is 28.5 Å². The van der Waals surface area contributed by atoms with E-state index in [9.17, 15) is 9.90 Å². The number of benzene rings is 3. The van der Waals surface area contributed by atoms with E-state index in [0.29, 0.717) is 10.6 Å². The summed E-state index contributed by atoms with van der Waals surface area (Å²) < 4.78 is 6.07. The molecule has 0 bridgehead atoms. The minimum absolute atomic E-state index is 0.611. The van der Waals surface area contributed by atoms with Crippen LogP contribution in [0.1, 0.15) is 38.0 Å². The second-order valence-electron chi connectivity index (χ2n) is 8.97. The molecule has 168 valence electrons. The molecule has 4 aromatic rings. The lowest BCUT2D eigenvalue weighted by Gasteiger charge is -2.29. The number of aromatic nitrogens is 2. The molecule has 0 saturated heterocycles. The summed E-state index contributed by atoms with van der Waals surface area (Å²) in [6.07, 6.45) is 3.91. The number of halogens is 1. The van der Waals surface area contributed by atoms with Crippen LogP contribution >= 0.6 is 11.6 Å². The summed E-state index contributed by atoms with van der Waals surface area (Å²) >= 11 is 6.16. The first-order chi connectivity index (χ1) is 15.7. The number of fused-ring (bicyclic) bond motifs is 1. The first-order valence-electron chi connectivity index (χ1n) is 10.6. The van der Waals surface area contributed by atoms with Crippen molar-refractivity contribution in [3.63, 3.8) is 0 Å². The Kier molecular flexibility index (Phi) is 6.19. The molecule has 33 heavy (non-hydrogen) atoms. The minimum Gasteiger partial charge on any atom is -0.479 e. The smallest absolute Gasteiger partial charge is 0.337 e. The molecule has 3 aromatic carbocycles. The number of hydrogen-bond acceptors (Lipinski definition) is 4. The van der Waals surface area contributed by atoms with Crippen molar-refractivity contribution in [3.05, 3.63) is 83.4 Å². The van der Waals surface area contributed by atoms with Crippen molar-refractivity contribution in [1.82, 2.24) is 9.97 Å². The third-order valence-corrected chi connectivity index (χ3v) is 5.64. The monoisotopic (exact) mass is 460 g/mol. The first-order valence-corrected chi connectivity index (χ1v) is 11.0. The van der Waals surface area contributed by atoms with E-state index in [1.54, 1.807) is 12.4 Å². The third-order valence-electron chi connectivity index (χ3n) is 5.39. The largest absolute Gasteiger partial charge is 0.479 e. The van der Waals surface area contributed by atoms with Crippen LogP contribution in [0.5, 0.6) is 0 Å². The van der Waals surface area contributed by atoms with Crippen molar-refractivity contribution < 1.29 is 14.6 Å². The first kappa shape index (κ1) is 22.9. The van der Waals surface area contributed by atoms with Crippen molar-refractivity contribution in [2.24, 2.45) is 0 Å². The summed E-state index contributed by atoms with van der Waals surface area (Å²) in [5.74, 6) is -1.03. The van der Waals surface area contributed by atoms with E-state index < -0.39 is 17.7 Å². The Morgan fingerprint density at radius 2 is 1.67 bits per heavy atom. The number of carboxylic acid groups (broad SMARTS) is 1. The summed E-state index contributed by atoms with van der Waals surface area (Å²) in [5.41, 5.74) is 4.36. The van der Waals surface area contributed by atoms with Crippen molar-refractivity contribution in [2.75, 3.05) is 0 Å². The zero-order valence-corrected chi connectivity index (χ0v) is 19.7. The molecule has 0 fully saturated rings. The molecule has 1 atom stereocenters. The van der Waals surface area contributed by atoms with Gasteiger partial charge in [0.1, 0.15) is 6.33 Å². The molecular weight excluding hydrogens is 436 g/mol. The van der Waals surface area contributed by atoms with Gasteiger partial charge in [-0.2, -0.15) is 0 Å². The van der Waals surface area contributed by atoms with Crippen LogP contribution < -0.4 is 0 Å². The Morgan fingerprint density at radius 3 is 2.27 bits per heavy atom. The number of carbonyl (C=O) groups is 1. The Balaban J connectivity index is 2.10. The second kappa shape index (κ2) is 8.93. The van der Waals surface area contributed by atoms with Gasteiger partial charge >= 0.3 is 5.97 Å². The fourth-order valence-electron chi connectivity index (χ4n) is 4.12. The summed E-state index contributed by atoms with van der Waals surface area (Å²) in [6.45, 7) is 7.49. The fraction of sp³-hybridized carbons (Fsp3) is 0.222. The molecule has 4 rings (SSSR count). The van der Waals surface area contributed by atoms with Crippen LogP contribution in [0.3, 0.4) is 0 Å². The van der Waals surface area contributed by atoms with Gasteiger partial charge < -0.3 is 9.84 Å². The highest BCUT2D eigenvalue weighted by Gasteiger charge is 2.31. The van der Waals surface area contributed by atoms with Gasteiger partial charge in [0.25, 0.3) is 0 Å². The maximum Gasteiger partial charge on any atom is 0.337 e. The lowest BCUT2D eigenvalue weighted by Crippen LogP contribution is -2.28. The highest BCUT2D eigenvalue weighted by molar-refractivity contribution is 6.30. The average Bonchev–Trinajstić information content (AvgIpc) is 2.77. The summed E-state index contributed by atoms with van der Waals surface area (Å²) in [5, 5.41) is 12.7. The zero-order valence-electron chi connectivity index (χ0n) is 19.0. The number of aryl methyl sites for hydroxylation is 1. The second-order valence-corrected chi connectivity index (χ2v) is 9.40. The van der Waals surface area contributed by atoms with Crippen LogP contribution in [0.15, 0.2) is 67.3 Å². The number of aliphatic carboxylic acids is 1. The Bertz CT molecular complexity index is 1310. The average molecular weight is 461 g/mol. The quantitative estimate of drug-likeness (QED) is 0.352. The predicted octanol–water partition coefficient (Wildman–Crippen LogP) is 6.87. The van der Waals surface area contributed by atoms with Gasteiger partial charge in [-0.15, -0.1) is 0 Å². The highest BCUT2D eigenvalue weighted by atomic mass is 35.5. The van der Waals surface area contributed by atoms with E-state index >= 15 is 0 Å². The number of hydrogen-bond donors (Lipinski definition) is 1. The Morgan fingerprint density at radius 1 is 1.00 bits per heavy atom. The molecule has 0 aliphatic heterocycles. The Hall–Kier alpha value is -3.28. The maximum atomic E-state index is 12.4. The van der Waals surface area contributed by atoms with Gasteiger partial charge in [-0.3, -0.25) is 0 Å². The van der Waals surface area contributed by atoms with Gasteiger partial charge in [0.05, 0.1) is 5.60 Å². The molecule has 1 aromatic heterocycles. The van der Waals surface area contributed by atoms with E-state index in [1.165, 1.54) is 6.33 Å². The molecule has 0 aliphatic rings. The number of ether oxygens (including phenoxy) is 1. The van der Waals surface area contributed by atoms with Crippen molar-refractivity contribution in [2.45, 2.75) is 39.4 Å². The molecule has 6 heteroatoms. The predicted molar refractivity (Wildman–Crippen MR) is 131 cm³/mol. The molecule has 1 unspecified atom stereocenters. The number of nitrogens with zero attached hydrogens (tertiary/aromatic N) is 2. The van der Waals surface area contributed by atoms with Crippen LogP contribution in [-0.4, -0.2) is 26.6 Å². The normalized spacial score (nSPS) is 12.6. The SMILES string of the molecule is Cc1cc2c(-c3cncnc3)cccc2c(-c2ccc(Cl)cc2)c1C(OC(C)(C)C)C(=O)O. The van der Waals surface area contributed by atoms with Crippen molar-refractivity contribution in [1.29, 1.82) is 0 Å². The lowest BCUT2D eigenvalue weighted by atomic mass is 9.85. The molecule has 0 saturated carbocycles. The van der Waals surface area contributed by atoms with E-state index in [0.717, 1.165) is 38.6 Å². The van der Waals surface area contributed by atoms with Crippen molar-refractivity contribution in [3.8, 4) is 22.3 Å². The fourth-order valence-corrected chi connectivity index (χ4v) is 4.24. The topological polar surface area (TPSA) is 72.3 Å². The van der Waals surface area contributed by atoms with Crippen LogP contribution in [0.25, 0.3) is 33.0 Å². The third kappa shape index (κ3) is 4.75. The van der Waals surface area contributed by atoms with Crippen molar-refractivity contribution >= 4 is 28.3 Å². The van der Waals surface area contributed by atoms with Crippen LogP contribution in [-0.2, 0) is 9.53 Å². The molecule has 5 nitrogen and oxygen atoms in total. The van der Waals surface area contributed by atoms with E-state index in [1.807, 2.05) is 76.2 Å². The maximum absolute atomic E-state index is 12.4. The highest BCUT2D eigenvalue weighted by Crippen LogP contribution is 2.43. The van der Waals surface area contributed by atoms with E-state index in [-0.39, 0.29) is 0 Å². The van der Waals surface area contributed by atoms with Gasteiger partial charge in [0.2, 0.25) is 0 Å². The minimum atomic E-state index is -1.14. The van der Waals surface area contributed by atoms with Crippen LogP contribution in [0.4, 0.5) is 0 Å². The summed E-state index contributed by atoms with van der Waals surface area (Å²) in [7, 11) is 0. The summed E-state index contributed by atoms with van der Waals surface area (Å²) in [4.78, 5) is 20.8. The summed E-state index contributed by atoms with van der Waals surface area (Å²) in [6, 6.07) is 15.5. The van der Waals surface area contributed by atoms with Gasteiger partial charge in [-0.05, 0) is 72.9 Å². The molecule has 0 radical (unpaired) electrons. The molecule has 0 amide bonds.